The Bertz CT molecular complexity index is 1640. The number of amides is 1. The Morgan fingerprint density at radius 2 is 1.52 bits per heavy atom. The van der Waals surface area contributed by atoms with Gasteiger partial charge in [-0.05, 0) is 71.5 Å². The Labute approximate surface area is 261 Å². The molecule has 0 unspecified atom stereocenters. The van der Waals surface area contributed by atoms with Gasteiger partial charge in [0.15, 0.2) is 0 Å². The summed E-state index contributed by atoms with van der Waals surface area (Å²) in [4.78, 5) is 14.6. The Balaban J connectivity index is 1.40. The first-order valence-corrected chi connectivity index (χ1v) is 14.8. The van der Waals surface area contributed by atoms with Crippen LogP contribution in [0.2, 0.25) is 5.02 Å². The molecule has 9 heteroatoms. The maximum absolute atomic E-state index is 13.8. The van der Waals surface area contributed by atoms with Crippen LogP contribution in [0.15, 0.2) is 66.7 Å². The second kappa shape index (κ2) is 14.2. The maximum atomic E-state index is 13.8. The average Bonchev–Trinajstić information content (AvgIpc) is 3.01. The molecule has 0 aliphatic carbocycles. The number of halogens is 3. The van der Waals surface area contributed by atoms with Crippen molar-refractivity contribution in [2.45, 2.75) is 33.6 Å². The molecule has 230 valence electrons. The van der Waals surface area contributed by atoms with E-state index in [1.165, 1.54) is 12.1 Å². The largest absolute Gasteiger partial charge is 0.488 e. The van der Waals surface area contributed by atoms with Gasteiger partial charge in [0.2, 0.25) is 0 Å². The van der Waals surface area contributed by atoms with E-state index in [0.717, 1.165) is 52.5 Å². The molecular weight excluding hydrogens is 586 g/mol. The molecule has 0 atom stereocenters. The van der Waals surface area contributed by atoms with Crippen LogP contribution in [0.1, 0.15) is 38.2 Å². The first-order valence-electron chi connectivity index (χ1n) is 14.5. The molecule has 1 heterocycles. The van der Waals surface area contributed by atoms with Crippen molar-refractivity contribution >= 4 is 17.5 Å². The summed E-state index contributed by atoms with van der Waals surface area (Å²) in [5.74, 6) is -0.502. The molecule has 1 fully saturated rings. The third-order valence-electron chi connectivity index (χ3n) is 7.85. The molecule has 0 saturated carbocycles. The van der Waals surface area contributed by atoms with Crippen LogP contribution in [-0.4, -0.2) is 44.2 Å². The van der Waals surface area contributed by atoms with Crippen molar-refractivity contribution in [3.8, 4) is 22.6 Å². The quantitative estimate of drug-likeness (QED) is 0.202. The Morgan fingerprint density at radius 1 is 0.864 bits per heavy atom. The van der Waals surface area contributed by atoms with Gasteiger partial charge in [-0.2, -0.15) is 0 Å². The SMILES string of the molecule is CNC(=O)c1cccc(-c2cccc(COc3cc(OCc4cc(F)cc(F)c4)c(CN4CCOCC4)cc3Cl)c2C)c1C. The van der Waals surface area contributed by atoms with Crippen molar-refractivity contribution in [1.82, 2.24) is 10.2 Å². The molecule has 1 aliphatic heterocycles. The number of ether oxygens (including phenoxy) is 3. The molecule has 0 bridgehead atoms. The number of hydrogen-bond donors (Lipinski definition) is 1. The Morgan fingerprint density at radius 3 is 2.23 bits per heavy atom. The molecule has 0 radical (unpaired) electrons. The maximum Gasteiger partial charge on any atom is 0.251 e. The van der Waals surface area contributed by atoms with E-state index in [9.17, 15) is 13.6 Å². The third kappa shape index (κ3) is 7.38. The lowest BCUT2D eigenvalue weighted by molar-refractivity contribution is 0.0337. The van der Waals surface area contributed by atoms with Gasteiger partial charge in [0, 0.05) is 49.9 Å². The zero-order chi connectivity index (χ0) is 31.2. The van der Waals surface area contributed by atoms with Gasteiger partial charge in [-0.1, -0.05) is 41.9 Å². The van der Waals surface area contributed by atoms with Crippen molar-refractivity contribution in [1.29, 1.82) is 0 Å². The van der Waals surface area contributed by atoms with Gasteiger partial charge in [-0.25, -0.2) is 8.78 Å². The summed E-state index contributed by atoms with van der Waals surface area (Å²) >= 11 is 6.73. The summed E-state index contributed by atoms with van der Waals surface area (Å²) in [6, 6.07) is 18.6. The number of nitrogens with one attached hydrogen (secondary N) is 1. The van der Waals surface area contributed by atoms with E-state index in [4.69, 9.17) is 25.8 Å². The third-order valence-corrected chi connectivity index (χ3v) is 8.15. The van der Waals surface area contributed by atoms with Crippen LogP contribution in [0.3, 0.4) is 0 Å². The highest BCUT2D eigenvalue weighted by Gasteiger charge is 2.19. The molecule has 0 aromatic heterocycles. The summed E-state index contributed by atoms with van der Waals surface area (Å²) in [6.07, 6.45) is 0. The van der Waals surface area contributed by atoms with Gasteiger partial charge in [0.25, 0.3) is 5.91 Å². The van der Waals surface area contributed by atoms with Crippen LogP contribution in [0.5, 0.6) is 11.5 Å². The lowest BCUT2D eigenvalue weighted by Gasteiger charge is -2.27. The molecule has 4 aromatic rings. The van der Waals surface area contributed by atoms with Gasteiger partial charge in [0.05, 0.1) is 18.2 Å². The highest BCUT2D eigenvalue weighted by atomic mass is 35.5. The molecule has 4 aromatic carbocycles. The number of hydrogen-bond acceptors (Lipinski definition) is 5. The number of carbonyl (C=O) groups excluding carboxylic acids is 1. The molecule has 44 heavy (non-hydrogen) atoms. The van der Waals surface area contributed by atoms with Crippen LogP contribution in [0.25, 0.3) is 11.1 Å². The van der Waals surface area contributed by atoms with Crippen LogP contribution >= 0.6 is 11.6 Å². The van der Waals surface area contributed by atoms with E-state index >= 15 is 0 Å². The minimum atomic E-state index is -0.662. The Hall–Kier alpha value is -3.98. The minimum Gasteiger partial charge on any atom is -0.488 e. The molecular formula is C35H35ClF2N2O4. The van der Waals surface area contributed by atoms with Gasteiger partial charge in [-0.3, -0.25) is 9.69 Å². The fraction of sp³-hybridized carbons (Fsp3) is 0.286. The van der Waals surface area contributed by atoms with Gasteiger partial charge < -0.3 is 19.5 Å². The fourth-order valence-corrected chi connectivity index (χ4v) is 5.64. The van der Waals surface area contributed by atoms with Crippen LogP contribution in [-0.2, 0) is 24.5 Å². The topological polar surface area (TPSA) is 60.0 Å². The van der Waals surface area contributed by atoms with Crippen LogP contribution in [0.4, 0.5) is 8.78 Å². The zero-order valence-electron chi connectivity index (χ0n) is 25.0. The summed E-state index contributed by atoms with van der Waals surface area (Å²) < 4.78 is 45.5. The highest BCUT2D eigenvalue weighted by molar-refractivity contribution is 6.32. The van der Waals surface area contributed by atoms with Crippen LogP contribution in [0, 0.1) is 25.5 Å². The summed E-state index contributed by atoms with van der Waals surface area (Å²) in [6.45, 7) is 7.58. The molecule has 6 nitrogen and oxygen atoms in total. The lowest BCUT2D eigenvalue weighted by Crippen LogP contribution is -2.35. The van der Waals surface area contributed by atoms with Crippen molar-refractivity contribution < 1.29 is 27.8 Å². The van der Waals surface area contributed by atoms with Crippen LogP contribution < -0.4 is 14.8 Å². The van der Waals surface area contributed by atoms with Gasteiger partial charge in [-0.15, -0.1) is 0 Å². The smallest absolute Gasteiger partial charge is 0.251 e. The zero-order valence-corrected chi connectivity index (χ0v) is 25.8. The van der Waals surface area contributed by atoms with Crippen molar-refractivity contribution in [3.63, 3.8) is 0 Å². The molecule has 1 saturated heterocycles. The predicted molar refractivity (Wildman–Crippen MR) is 167 cm³/mol. The predicted octanol–water partition coefficient (Wildman–Crippen LogP) is 7.25. The number of morpholine rings is 1. The fourth-order valence-electron chi connectivity index (χ4n) is 5.40. The first kappa shape index (κ1) is 31.4. The average molecular weight is 621 g/mol. The van der Waals surface area contributed by atoms with E-state index in [0.29, 0.717) is 47.4 Å². The summed E-state index contributed by atoms with van der Waals surface area (Å²) in [5.41, 5.74) is 6.70. The molecule has 5 rings (SSSR count). The van der Waals surface area contributed by atoms with Crippen molar-refractivity contribution in [2.75, 3.05) is 33.4 Å². The summed E-state index contributed by atoms with van der Waals surface area (Å²) in [5, 5.41) is 3.13. The standard InChI is InChI=1S/C35H35ClF2N2O4/c1-22-25(6-4-7-29(22)30-8-5-9-31(23(30)2)35(41)39-3)21-44-34-18-33(43-20-24-14-27(37)17-28(38)15-24)26(16-32(34)36)19-40-10-12-42-13-11-40/h4-9,14-18H,10-13,19-21H2,1-3H3,(H,39,41). The second-order valence-corrected chi connectivity index (χ2v) is 11.2. The Kier molecular flexibility index (Phi) is 10.1. The van der Waals surface area contributed by atoms with E-state index < -0.39 is 11.6 Å². The van der Waals surface area contributed by atoms with E-state index in [1.807, 2.05) is 56.3 Å². The lowest BCUT2D eigenvalue weighted by atomic mass is 9.91. The van der Waals surface area contributed by atoms with Gasteiger partial charge >= 0.3 is 0 Å². The number of benzene rings is 4. The van der Waals surface area contributed by atoms with Gasteiger partial charge in [0.1, 0.15) is 36.3 Å². The first-order chi connectivity index (χ1) is 21.2. The minimum absolute atomic E-state index is 0.0263. The highest BCUT2D eigenvalue weighted by Crippen LogP contribution is 2.36. The summed E-state index contributed by atoms with van der Waals surface area (Å²) in [7, 11) is 1.62. The molecule has 1 amide bonds. The number of nitrogens with zero attached hydrogens (tertiary/aromatic N) is 1. The monoisotopic (exact) mass is 620 g/mol. The van der Waals surface area contributed by atoms with Crippen molar-refractivity contribution in [2.24, 2.45) is 0 Å². The second-order valence-electron chi connectivity index (χ2n) is 10.8. The molecule has 0 spiro atoms. The normalized spacial score (nSPS) is 13.5. The van der Waals surface area contributed by atoms with E-state index in [-0.39, 0.29) is 19.1 Å². The van der Waals surface area contributed by atoms with Crippen molar-refractivity contribution in [3.05, 3.63) is 117 Å². The van der Waals surface area contributed by atoms with E-state index in [1.54, 1.807) is 13.1 Å². The van der Waals surface area contributed by atoms with E-state index in [2.05, 4.69) is 10.2 Å². The molecule has 1 N–H and O–H groups in total. The number of carbonyl (C=O) groups is 1. The molecule has 1 aliphatic rings. The number of rotatable bonds is 10.